The van der Waals surface area contributed by atoms with Crippen LogP contribution >= 0.6 is 0 Å². The maximum Gasteiger partial charge on any atom is 0.259 e. The summed E-state index contributed by atoms with van der Waals surface area (Å²) in [5.41, 5.74) is 1.33. The van der Waals surface area contributed by atoms with Gasteiger partial charge in [-0.1, -0.05) is 38.1 Å². The third-order valence-corrected chi connectivity index (χ3v) is 3.54. The third kappa shape index (κ3) is 5.34. The lowest BCUT2D eigenvalue weighted by atomic mass is 10.1. The maximum atomic E-state index is 12.8. The highest BCUT2D eigenvalue weighted by Crippen LogP contribution is 2.22. The molecule has 0 aromatic heterocycles. The molecule has 0 fully saturated rings. The third-order valence-electron chi connectivity index (χ3n) is 3.54. The first-order valence-corrected chi connectivity index (χ1v) is 8.81. The summed E-state index contributed by atoms with van der Waals surface area (Å²) in [4.78, 5) is 25.1. The van der Waals surface area contributed by atoms with Crippen molar-refractivity contribution in [1.82, 2.24) is 5.32 Å². The number of nitrogens with one attached hydrogen (secondary N) is 2. The van der Waals surface area contributed by atoms with Crippen molar-refractivity contribution in [2.24, 2.45) is 5.92 Å². The second kappa shape index (κ2) is 9.04. The van der Waals surface area contributed by atoms with E-state index in [9.17, 15) is 9.59 Å². The van der Waals surface area contributed by atoms with Gasteiger partial charge in [-0.05, 0) is 44.0 Å². The van der Waals surface area contributed by atoms with Gasteiger partial charge in [0.1, 0.15) is 5.75 Å². The Morgan fingerprint density at radius 3 is 2.15 bits per heavy atom. The molecule has 0 atom stereocenters. The van der Waals surface area contributed by atoms with Gasteiger partial charge in [0.05, 0.1) is 23.4 Å². The summed E-state index contributed by atoms with van der Waals surface area (Å²) in [6.07, 6.45) is 0. The van der Waals surface area contributed by atoms with Gasteiger partial charge in [0.25, 0.3) is 11.8 Å². The van der Waals surface area contributed by atoms with Crippen LogP contribution in [0, 0.1) is 5.92 Å². The quantitative estimate of drug-likeness (QED) is 0.786. The Morgan fingerprint density at radius 1 is 0.885 bits per heavy atom. The van der Waals surface area contributed by atoms with Gasteiger partial charge < -0.3 is 15.4 Å². The van der Waals surface area contributed by atoms with Crippen molar-refractivity contribution in [3.8, 4) is 5.75 Å². The number of para-hydroxylation sites is 2. The average molecular weight is 354 g/mol. The Hall–Kier alpha value is -2.82. The second-order valence-electron chi connectivity index (χ2n) is 6.83. The molecular formula is C21H26N2O3. The van der Waals surface area contributed by atoms with Crippen molar-refractivity contribution in [2.75, 3.05) is 11.9 Å². The molecule has 0 bridgehead atoms. The summed E-state index contributed by atoms with van der Waals surface area (Å²) in [5.74, 6) is 0.351. The zero-order valence-electron chi connectivity index (χ0n) is 15.7. The van der Waals surface area contributed by atoms with E-state index in [0.29, 0.717) is 35.1 Å². The highest BCUT2D eigenvalue weighted by Gasteiger charge is 2.17. The molecule has 2 amide bonds. The fraction of sp³-hybridized carbons (Fsp3) is 0.333. The first-order chi connectivity index (χ1) is 12.4. The first-order valence-electron chi connectivity index (χ1n) is 8.81. The highest BCUT2D eigenvalue weighted by molar-refractivity contribution is 6.10. The molecule has 0 saturated heterocycles. The Labute approximate surface area is 154 Å². The van der Waals surface area contributed by atoms with Gasteiger partial charge in [-0.15, -0.1) is 0 Å². The zero-order chi connectivity index (χ0) is 19.1. The normalized spacial score (nSPS) is 10.7. The van der Waals surface area contributed by atoms with Gasteiger partial charge in [0, 0.05) is 6.04 Å². The van der Waals surface area contributed by atoms with Crippen LogP contribution in [-0.4, -0.2) is 24.5 Å². The Bertz CT molecular complexity index is 769. The summed E-state index contributed by atoms with van der Waals surface area (Å²) in [5, 5.41) is 5.67. The van der Waals surface area contributed by atoms with E-state index in [1.165, 1.54) is 0 Å². The van der Waals surface area contributed by atoms with Crippen LogP contribution in [0.3, 0.4) is 0 Å². The Kier molecular flexibility index (Phi) is 6.78. The van der Waals surface area contributed by atoms with Crippen LogP contribution in [0.5, 0.6) is 5.75 Å². The average Bonchev–Trinajstić information content (AvgIpc) is 2.60. The van der Waals surface area contributed by atoms with Gasteiger partial charge in [-0.25, -0.2) is 0 Å². The first kappa shape index (κ1) is 19.5. The lowest BCUT2D eigenvalue weighted by Gasteiger charge is -2.15. The molecule has 138 valence electrons. The number of anilines is 1. The van der Waals surface area contributed by atoms with Gasteiger partial charge in [-0.2, -0.15) is 0 Å². The summed E-state index contributed by atoms with van der Waals surface area (Å²) in [6, 6.07) is 14.1. The molecule has 0 aliphatic rings. The van der Waals surface area contributed by atoms with Crippen molar-refractivity contribution in [3.63, 3.8) is 0 Å². The molecule has 2 aromatic carbocycles. The maximum absolute atomic E-state index is 12.8. The fourth-order valence-corrected chi connectivity index (χ4v) is 2.36. The molecule has 0 aliphatic carbocycles. The van der Waals surface area contributed by atoms with Gasteiger partial charge in [0.2, 0.25) is 0 Å². The minimum atomic E-state index is -0.311. The number of benzene rings is 2. The van der Waals surface area contributed by atoms with E-state index in [1.807, 2.05) is 33.8 Å². The number of hydrogen-bond acceptors (Lipinski definition) is 3. The molecule has 5 nitrogen and oxygen atoms in total. The monoisotopic (exact) mass is 354 g/mol. The van der Waals surface area contributed by atoms with E-state index in [1.54, 1.807) is 42.5 Å². The summed E-state index contributed by atoms with van der Waals surface area (Å²) >= 11 is 0. The zero-order valence-corrected chi connectivity index (χ0v) is 15.7. The second-order valence-corrected chi connectivity index (χ2v) is 6.83. The van der Waals surface area contributed by atoms with Crippen molar-refractivity contribution in [3.05, 3.63) is 59.7 Å². The van der Waals surface area contributed by atoms with Gasteiger partial charge in [0.15, 0.2) is 0 Å². The fourth-order valence-electron chi connectivity index (χ4n) is 2.36. The number of rotatable bonds is 7. The van der Waals surface area contributed by atoms with E-state index < -0.39 is 0 Å². The minimum Gasteiger partial charge on any atom is -0.492 e. The Balaban J connectivity index is 2.22. The molecule has 2 aromatic rings. The standard InChI is InChI=1S/C21H26N2O3/c1-14(2)13-26-19-12-8-6-10-17(19)21(25)23-18-11-7-5-9-16(18)20(24)22-15(3)4/h5-12,14-15H,13H2,1-4H3,(H,22,24)(H,23,25). The van der Waals surface area contributed by atoms with Crippen LogP contribution in [0.25, 0.3) is 0 Å². The van der Waals surface area contributed by atoms with Crippen LogP contribution in [0.2, 0.25) is 0 Å². The van der Waals surface area contributed by atoms with Crippen LogP contribution in [-0.2, 0) is 0 Å². The molecule has 2 N–H and O–H groups in total. The molecule has 0 unspecified atom stereocenters. The molecule has 0 heterocycles. The SMILES string of the molecule is CC(C)COc1ccccc1C(=O)Nc1ccccc1C(=O)NC(C)C. The number of carbonyl (C=O) groups is 2. The van der Waals surface area contributed by atoms with E-state index >= 15 is 0 Å². The molecule has 0 spiro atoms. The molecule has 0 aliphatic heterocycles. The number of hydrogen-bond donors (Lipinski definition) is 2. The summed E-state index contributed by atoms with van der Waals surface area (Å²) in [6.45, 7) is 8.40. The van der Waals surface area contributed by atoms with Crippen molar-refractivity contribution in [1.29, 1.82) is 0 Å². The van der Waals surface area contributed by atoms with Crippen molar-refractivity contribution >= 4 is 17.5 Å². The Morgan fingerprint density at radius 2 is 1.50 bits per heavy atom. The van der Waals surface area contributed by atoms with Crippen LogP contribution in [0.4, 0.5) is 5.69 Å². The molecule has 0 saturated carbocycles. The van der Waals surface area contributed by atoms with Crippen molar-refractivity contribution < 1.29 is 14.3 Å². The van der Waals surface area contributed by atoms with Crippen LogP contribution in [0.15, 0.2) is 48.5 Å². The molecule has 5 heteroatoms. The largest absolute Gasteiger partial charge is 0.492 e. The van der Waals surface area contributed by atoms with Gasteiger partial charge >= 0.3 is 0 Å². The van der Waals surface area contributed by atoms with E-state index in [0.717, 1.165) is 0 Å². The minimum absolute atomic E-state index is 0.0106. The van der Waals surface area contributed by atoms with Gasteiger partial charge in [-0.3, -0.25) is 9.59 Å². The van der Waals surface area contributed by atoms with Crippen LogP contribution < -0.4 is 15.4 Å². The lowest BCUT2D eigenvalue weighted by Crippen LogP contribution is -2.31. The van der Waals surface area contributed by atoms with Crippen LogP contribution in [0.1, 0.15) is 48.4 Å². The molecule has 2 rings (SSSR count). The molecule has 0 radical (unpaired) electrons. The smallest absolute Gasteiger partial charge is 0.259 e. The summed E-state index contributed by atoms with van der Waals surface area (Å²) < 4.78 is 5.75. The molecule has 26 heavy (non-hydrogen) atoms. The number of carbonyl (C=O) groups excluding carboxylic acids is 2. The molecular weight excluding hydrogens is 328 g/mol. The number of amides is 2. The lowest BCUT2D eigenvalue weighted by molar-refractivity contribution is 0.0944. The predicted molar refractivity (Wildman–Crippen MR) is 104 cm³/mol. The highest BCUT2D eigenvalue weighted by atomic mass is 16.5. The van der Waals surface area contributed by atoms with E-state index in [4.69, 9.17) is 4.74 Å². The number of ether oxygens (including phenoxy) is 1. The predicted octanol–water partition coefficient (Wildman–Crippen LogP) is 4.11. The summed E-state index contributed by atoms with van der Waals surface area (Å²) in [7, 11) is 0. The topological polar surface area (TPSA) is 67.4 Å². The van der Waals surface area contributed by atoms with E-state index in [-0.39, 0.29) is 17.9 Å². The van der Waals surface area contributed by atoms with E-state index in [2.05, 4.69) is 10.6 Å². The van der Waals surface area contributed by atoms with Crippen molar-refractivity contribution in [2.45, 2.75) is 33.7 Å².